The first kappa shape index (κ1) is 21.3. The van der Waals surface area contributed by atoms with Gasteiger partial charge in [0.1, 0.15) is 5.69 Å². The molecule has 9 heteroatoms. The van der Waals surface area contributed by atoms with Crippen LogP contribution in [0, 0.1) is 0 Å². The van der Waals surface area contributed by atoms with Gasteiger partial charge in [0.05, 0.1) is 31.6 Å². The van der Waals surface area contributed by atoms with Crippen LogP contribution in [0.15, 0.2) is 65.3 Å². The highest BCUT2D eigenvalue weighted by atomic mass is 16.5. The standard InChI is InChI=1S/C25H21N3O6/c1-3-33-25(31)14-6-9-16(10-7-14)28-23(15-8-11-17(29)19(13-15)32-2)20-21(18-5-4-12-34-18)26-27-22(20)24(28)30/h4-13,23,29H,3H2,1-2H3,(H,26,27)/t23-/m0/s1. The summed E-state index contributed by atoms with van der Waals surface area (Å²) in [6, 6.07) is 14.5. The quantitative estimate of drug-likeness (QED) is 0.413. The molecule has 2 aromatic heterocycles. The van der Waals surface area contributed by atoms with Gasteiger partial charge < -0.3 is 19.0 Å². The van der Waals surface area contributed by atoms with Crippen LogP contribution in [0.5, 0.6) is 11.5 Å². The van der Waals surface area contributed by atoms with Crippen molar-refractivity contribution in [2.45, 2.75) is 13.0 Å². The number of aromatic hydroxyl groups is 1. The largest absolute Gasteiger partial charge is 0.504 e. The molecule has 34 heavy (non-hydrogen) atoms. The fraction of sp³-hybridized carbons (Fsp3) is 0.160. The molecule has 1 aliphatic rings. The Balaban J connectivity index is 1.65. The fourth-order valence-corrected chi connectivity index (χ4v) is 4.17. The number of furan rings is 1. The maximum atomic E-state index is 13.5. The first-order valence-corrected chi connectivity index (χ1v) is 10.6. The molecule has 2 N–H and O–H groups in total. The summed E-state index contributed by atoms with van der Waals surface area (Å²) in [5.41, 5.74) is 3.13. The molecular formula is C25H21N3O6. The lowest BCUT2D eigenvalue weighted by Gasteiger charge is -2.27. The van der Waals surface area contributed by atoms with Crippen molar-refractivity contribution >= 4 is 17.6 Å². The molecule has 0 spiro atoms. The Morgan fingerprint density at radius 3 is 2.68 bits per heavy atom. The number of carbonyl (C=O) groups excluding carboxylic acids is 2. The predicted octanol–water partition coefficient (Wildman–Crippen LogP) is 4.31. The SMILES string of the molecule is CCOC(=O)c1ccc(N2C(=O)c3n[nH]c(-c4ccco4)c3[C@@H]2c2ccc(O)c(OC)c2)cc1. The van der Waals surface area contributed by atoms with E-state index in [0.29, 0.717) is 33.8 Å². The summed E-state index contributed by atoms with van der Waals surface area (Å²) in [6.07, 6.45) is 1.55. The molecule has 172 valence electrons. The highest BCUT2D eigenvalue weighted by Gasteiger charge is 2.44. The number of phenolic OH excluding ortho intramolecular Hbond substituents is 1. The molecule has 0 radical (unpaired) electrons. The number of amides is 1. The summed E-state index contributed by atoms with van der Waals surface area (Å²) in [6.45, 7) is 2.01. The Labute approximate surface area is 194 Å². The van der Waals surface area contributed by atoms with E-state index >= 15 is 0 Å². The molecule has 0 fully saturated rings. The first-order chi connectivity index (χ1) is 16.5. The Hall–Kier alpha value is -4.53. The molecule has 0 bridgehead atoms. The van der Waals surface area contributed by atoms with Crippen molar-refractivity contribution in [1.82, 2.24) is 10.2 Å². The molecule has 1 amide bonds. The van der Waals surface area contributed by atoms with Crippen LogP contribution in [0.25, 0.3) is 11.5 Å². The second kappa shape index (κ2) is 8.43. The van der Waals surface area contributed by atoms with Crippen LogP contribution in [0.4, 0.5) is 5.69 Å². The average Bonchev–Trinajstić information content (AvgIpc) is 3.58. The average molecular weight is 459 g/mol. The van der Waals surface area contributed by atoms with Gasteiger partial charge in [-0.15, -0.1) is 0 Å². The predicted molar refractivity (Wildman–Crippen MR) is 122 cm³/mol. The third-order valence-corrected chi connectivity index (χ3v) is 5.70. The van der Waals surface area contributed by atoms with Gasteiger partial charge in [-0.2, -0.15) is 5.10 Å². The number of hydrogen-bond acceptors (Lipinski definition) is 7. The van der Waals surface area contributed by atoms with Crippen molar-refractivity contribution in [3.8, 4) is 23.0 Å². The molecule has 1 aliphatic heterocycles. The first-order valence-electron chi connectivity index (χ1n) is 10.6. The van der Waals surface area contributed by atoms with E-state index in [0.717, 1.165) is 0 Å². The normalized spacial score (nSPS) is 14.8. The van der Waals surface area contributed by atoms with E-state index < -0.39 is 12.0 Å². The number of anilines is 1. The molecular weight excluding hydrogens is 438 g/mol. The zero-order chi connectivity index (χ0) is 23.8. The second-order valence-corrected chi connectivity index (χ2v) is 7.61. The van der Waals surface area contributed by atoms with Gasteiger partial charge in [0.15, 0.2) is 23.0 Å². The molecule has 0 saturated heterocycles. The Morgan fingerprint density at radius 2 is 2.00 bits per heavy atom. The number of ether oxygens (including phenoxy) is 2. The maximum absolute atomic E-state index is 13.5. The number of fused-ring (bicyclic) bond motifs is 1. The number of esters is 1. The summed E-state index contributed by atoms with van der Waals surface area (Å²) in [4.78, 5) is 27.2. The summed E-state index contributed by atoms with van der Waals surface area (Å²) in [7, 11) is 1.46. The minimum absolute atomic E-state index is 0.0143. The third-order valence-electron chi connectivity index (χ3n) is 5.70. The van der Waals surface area contributed by atoms with Crippen LogP contribution in [0.2, 0.25) is 0 Å². The minimum Gasteiger partial charge on any atom is -0.504 e. The van der Waals surface area contributed by atoms with Crippen molar-refractivity contribution in [3.63, 3.8) is 0 Å². The number of H-pyrrole nitrogens is 1. The van der Waals surface area contributed by atoms with Gasteiger partial charge >= 0.3 is 5.97 Å². The number of benzene rings is 2. The van der Waals surface area contributed by atoms with Gasteiger partial charge in [-0.05, 0) is 61.0 Å². The van der Waals surface area contributed by atoms with E-state index in [-0.39, 0.29) is 29.7 Å². The second-order valence-electron chi connectivity index (χ2n) is 7.61. The summed E-state index contributed by atoms with van der Waals surface area (Å²) in [5.74, 6) is 0.0512. The van der Waals surface area contributed by atoms with E-state index in [2.05, 4.69) is 10.2 Å². The third kappa shape index (κ3) is 3.38. The molecule has 0 unspecified atom stereocenters. The van der Waals surface area contributed by atoms with Crippen molar-refractivity contribution in [1.29, 1.82) is 0 Å². The lowest BCUT2D eigenvalue weighted by molar-refractivity contribution is 0.0526. The lowest BCUT2D eigenvalue weighted by Crippen LogP contribution is -2.29. The highest BCUT2D eigenvalue weighted by molar-refractivity contribution is 6.11. The molecule has 5 rings (SSSR count). The van der Waals surface area contributed by atoms with Gasteiger partial charge in [0.25, 0.3) is 5.91 Å². The number of phenols is 1. The van der Waals surface area contributed by atoms with Gasteiger partial charge in [0.2, 0.25) is 0 Å². The van der Waals surface area contributed by atoms with Crippen molar-refractivity contribution in [3.05, 3.63) is 83.2 Å². The molecule has 0 saturated carbocycles. The van der Waals surface area contributed by atoms with Gasteiger partial charge in [-0.1, -0.05) is 6.07 Å². The molecule has 9 nitrogen and oxygen atoms in total. The number of methoxy groups -OCH3 is 1. The van der Waals surface area contributed by atoms with Gasteiger partial charge in [-0.3, -0.25) is 14.8 Å². The van der Waals surface area contributed by atoms with Crippen LogP contribution >= 0.6 is 0 Å². The van der Waals surface area contributed by atoms with Crippen LogP contribution < -0.4 is 9.64 Å². The molecule has 4 aromatic rings. The number of aromatic amines is 1. The summed E-state index contributed by atoms with van der Waals surface area (Å²) in [5, 5.41) is 17.3. The topological polar surface area (TPSA) is 118 Å². The van der Waals surface area contributed by atoms with E-state index in [1.54, 1.807) is 66.6 Å². The monoisotopic (exact) mass is 459 g/mol. The zero-order valence-electron chi connectivity index (χ0n) is 18.4. The highest BCUT2D eigenvalue weighted by Crippen LogP contribution is 2.46. The van der Waals surface area contributed by atoms with Crippen LogP contribution in [0.1, 0.15) is 44.9 Å². The van der Waals surface area contributed by atoms with Crippen molar-refractivity contribution < 1.29 is 28.6 Å². The fourth-order valence-electron chi connectivity index (χ4n) is 4.17. The number of hydrogen-bond donors (Lipinski definition) is 2. The molecule has 2 aromatic carbocycles. The summed E-state index contributed by atoms with van der Waals surface area (Å²) >= 11 is 0. The summed E-state index contributed by atoms with van der Waals surface area (Å²) < 4.78 is 15.9. The number of nitrogens with zero attached hydrogens (tertiary/aromatic N) is 2. The smallest absolute Gasteiger partial charge is 0.338 e. The van der Waals surface area contributed by atoms with Crippen LogP contribution in [-0.2, 0) is 4.74 Å². The Kier molecular flexibility index (Phi) is 5.29. The number of aromatic nitrogens is 2. The van der Waals surface area contributed by atoms with E-state index in [1.165, 1.54) is 13.2 Å². The molecule has 0 aliphatic carbocycles. The lowest BCUT2D eigenvalue weighted by atomic mass is 9.97. The van der Waals surface area contributed by atoms with E-state index in [4.69, 9.17) is 13.9 Å². The molecule has 1 atom stereocenters. The van der Waals surface area contributed by atoms with Gasteiger partial charge in [-0.25, -0.2) is 4.79 Å². The van der Waals surface area contributed by atoms with Crippen LogP contribution in [0.3, 0.4) is 0 Å². The number of carbonyl (C=O) groups is 2. The zero-order valence-corrected chi connectivity index (χ0v) is 18.4. The maximum Gasteiger partial charge on any atom is 0.338 e. The molecule has 3 heterocycles. The Bertz CT molecular complexity index is 1360. The minimum atomic E-state index is -0.593. The number of rotatable bonds is 6. The van der Waals surface area contributed by atoms with E-state index in [9.17, 15) is 14.7 Å². The number of nitrogens with one attached hydrogen (secondary N) is 1. The van der Waals surface area contributed by atoms with E-state index in [1.807, 2.05) is 0 Å². The van der Waals surface area contributed by atoms with Crippen molar-refractivity contribution in [2.24, 2.45) is 0 Å². The van der Waals surface area contributed by atoms with Gasteiger partial charge in [0, 0.05) is 11.3 Å². The van der Waals surface area contributed by atoms with Crippen LogP contribution in [-0.4, -0.2) is 40.9 Å². The van der Waals surface area contributed by atoms with Crippen molar-refractivity contribution in [2.75, 3.05) is 18.6 Å². The Morgan fingerprint density at radius 1 is 1.21 bits per heavy atom.